The number of rotatable bonds is 4. The van der Waals surface area contributed by atoms with Crippen LogP contribution in [-0.2, 0) is 4.79 Å². The fourth-order valence-corrected chi connectivity index (χ4v) is 5.44. The number of hydrogen-bond donors (Lipinski definition) is 2. The van der Waals surface area contributed by atoms with Crippen LogP contribution in [0.1, 0.15) is 44.9 Å². The summed E-state index contributed by atoms with van der Waals surface area (Å²) in [6.45, 7) is 0.554. The zero-order valence-electron chi connectivity index (χ0n) is 10.4. The van der Waals surface area contributed by atoms with E-state index in [1.807, 2.05) is 0 Å². The predicted octanol–water partition coefficient (Wildman–Crippen LogP) is 2.25. The van der Waals surface area contributed by atoms with Crippen molar-refractivity contribution in [2.75, 3.05) is 6.54 Å². The lowest BCUT2D eigenvalue weighted by atomic mass is 9.46. The lowest BCUT2D eigenvalue weighted by Crippen LogP contribution is -2.51. The van der Waals surface area contributed by atoms with Crippen LogP contribution in [0.4, 0.5) is 0 Å². The van der Waals surface area contributed by atoms with Gasteiger partial charge in [-0.3, -0.25) is 4.79 Å². The molecule has 4 rings (SSSR count). The van der Waals surface area contributed by atoms with E-state index < -0.39 is 5.97 Å². The van der Waals surface area contributed by atoms with Gasteiger partial charge in [0.1, 0.15) is 0 Å². The summed E-state index contributed by atoms with van der Waals surface area (Å²) in [6.07, 6.45) is 8.27. The summed E-state index contributed by atoms with van der Waals surface area (Å²) in [7, 11) is 0. The second-order valence-electron chi connectivity index (χ2n) is 6.81. The topological polar surface area (TPSA) is 63.3 Å². The molecule has 0 aromatic carbocycles. The maximum absolute atomic E-state index is 11.0. The molecule has 4 fully saturated rings. The first-order valence-electron chi connectivity index (χ1n) is 7.03. The third-order valence-electron chi connectivity index (χ3n) is 5.66. The van der Waals surface area contributed by atoms with Crippen LogP contribution in [0.25, 0.3) is 0 Å². The molecule has 0 radical (unpaired) electrons. The molecule has 1 atom stereocenters. The maximum atomic E-state index is 11.0. The first kappa shape index (κ1) is 11.5. The first-order chi connectivity index (χ1) is 8.11. The van der Waals surface area contributed by atoms with E-state index in [4.69, 9.17) is 10.8 Å². The molecule has 3 heteroatoms. The lowest BCUT2D eigenvalue weighted by molar-refractivity contribution is -0.143. The van der Waals surface area contributed by atoms with Crippen LogP contribution in [0, 0.1) is 29.1 Å². The molecule has 0 aliphatic heterocycles. The molecule has 0 unspecified atom stereocenters. The molecule has 0 spiro atoms. The van der Waals surface area contributed by atoms with E-state index in [-0.39, 0.29) is 12.3 Å². The van der Waals surface area contributed by atoms with Crippen molar-refractivity contribution in [3.8, 4) is 0 Å². The highest BCUT2D eigenvalue weighted by Crippen LogP contribution is 2.63. The molecular weight excluding hydrogens is 214 g/mol. The van der Waals surface area contributed by atoms with Crippen molar-refractivity contribution in [3.05, 3.63) is 0 Å². The monoisotopic (exact) mass is 237 g/mol. The normalized spacial score (nSPS) is 44.9. The van der Waals surface area contributed by atoms with Crippen LogP contribution >= 0.6 is 0 Å². The van der Waals surface area contributed by atoms with E-state index in [2.05, 4.69) is 0 Å². The first-order valence-corrected chi connectivity index (χ1v) is 7.03. The maximum Gasteiger partial charge on any atom is 0.303 e. The van der Waals surface area contributed by atoms with E-state index in [0.29, 0.717) is 12.0 Å². The quantitative estimate of drug-likeness (QED) is 0.788. The fraction of sp³-hybridized carbons (Fsp3) is 0.929. The van der Waals surface area contributed by atoms with Crippen LogP contribution in [0.15, 0.2) is 0 Å². The van der Waals surface area contributed by atoms with Crippen molar-refractivity contribution >= 4 is 5.97 Å². The van der Waals surface area contributed by atoms with E-state index >= 15 is 0 Å². The number of carboxylic acids is 1. The van der Waals surface area contributed by atoms with Gasteiger partial charge in [0.05, 0.1) is 0 Å². The number of nitrogens with two attached hydrogens (primary N) is 1. The van der Waals surface area contributed by atoms with E-state index in [1.54, 1.807) is 0 Å². The third kappa shape index (κ3) is 1.88. The molecular formula is C14H23NO2. The van der Waals surface area contributed by atoms with Gasteiger partial charge >= 0.3 is 5.97 Å². The van der Waals surface area contributed by atoms with E-state index in [1.165, 1.54) is 38.5 Å². The van der Waals surface area contributed by atoms with Gasteiger partial charge in [-0.25, -0.2) is 0 Å². The summed E-state index contributed by atoms with van der Waals surface area (Å²) in [4.78, 5) is 11.0. The Balaban J connectivity index is 1.82. The SMILES string of the molecule is NC[C@@H](CC(=O)O)C12CC3CC(CC(C3)C1)C2. The Morgan fingerprint density at radius 1 is 1.18 bits per heavy atom. The summed E-state index contributed by atoms with van der Waals surface area (Å²) in [5.41, 5.74) is 6.17. The van der Waals surface area contributed by atoms with Gasteiger partial charge in [0.2, 0.25) is 0 Å². The third-order valence-corrected chi connectivity index (χ3v) is 5.66. The smallest absolute Gasteiger partial charge is 0.303 e. The van der Waals surface area contributed by atoms with Gasteiger partial charge in [0.15, 0.2) is 0 Å². The molecule has 17 heavy (non-hydrogen) atoms. The molecule has 0 aromatic heterocycles. The van der Waals surface area contributed by atoms with Gasteiger partial charge in [-0.05, 0) is 74.2 Å². The molecule has 0 saturated heterocycles. The van der Waals surface area contributed by atoms with Crippen molar-refractivity contribution in [3.63, 3.8) is 0 Å². The zero-order chi connectivity index (χ0) is 12.0. The largest absolute Gasteiger partial charge is 0.481 e. The van der Waals surface area contributed by atoms with Gasteiger partial charge in [0.25, 0.3) is 0 Å². The highest BCUT2D eigenvalue weighted by atomic mass is 16.4. The Bertz CT molecular complexity index is 291. The van der Waals surface area contributed by atoms with Crippen molar-refractivity contribution in [1.82, 2.24) is 0 Å². The standard InChI is InChI=1S/C14H23NO2/c15-8-12(4-13(16)17)14-5-9-1-10(6-14)3-11(2-9)7-14/h9-12H,1-8,15H2,(H,16,17)/t9?,10?,11?,12-,14?/m1/s1. The summed E-state index contributed by atoms with van der Waals surface area (Å²) >= 11 is 0. The number of aliphatic carboxylic acids is 1. The molecule has 4 bridgehead atoms. The molecule has 96 valence electrons. The van der Waals surface area contributed by atoms with Gasteiger partial charge in [-0.15, -0.1) is 0 Å². The van der Waals surface area contributed by atoms with Gasteiger partial charge in [0, 0.05) is 6.42 Å². The Kier molecular flexibility index (Phi) is 2.69. The molecule has 0 amide bonds. The van der Waals surface area contributed by atoms with Crippen LogP contribution in [0.2, 0.25) is 0 Å². The van der Waals surface area contributed by atoms with Crippen LogP contribution < -0.4 is 5.73 Å². The summed E-state index contributed by atoms with van der Waals surface area (Å²) in [5, 5.41) is 9.06. The molecule has 3 nitrogen and oxygen atoms in total. The van der Waals surface area contributed by atoms with Crippen molar-refractivity contribution in [2.24, 2.45) is 34.8 Å². The van der Waals surface area contributed by atoms with Crippen molar-refractivity contribution < 1.29 is 9.90 Å². The van der Waals surface area contributed by atoms with Gasteiger partial charge in [-0.1, -0.05) is 0 Å². The summed E-state index contributed by atoms with van der Waals surface area (Å²) in [5.74, 6) is 2.18. The Morgan fingerprint density at radius 2 is 1.65 bits per heavy atom. The Hall–Kier alpha value is -0.570. The Morgan fingerprint density at radius 3 is 2.00 bits per heavy atom. The predicted molar refractivity (Wildman–Crippen MR) is 65.4 cm³/mol. The second-order valence-corrected chi connectivity index (χ2v) is 6.81. The van der Waals surface area contributed by atoms with Gasteiger partial charge < -0.3 is 10.8 Å². The average Bonchev–Trinajstić information content (AvgIpc) is 2.23. The molecule has 3 N–H and O–H groups in total. The highest BCUT2D eigenvalue weighted by molar-refractivity contribution is 5.67. The highest BCUT2D eigenvalue weighted by Gasteiger charge is 2.53. The Labute approximate surface area is 103 Å². The van der Waals surface area contributed by atoms with Gasteiger partial charge in [-0.2, -0.15) is 0 Å². The number of carboxylic acid groups (broad SMARTS) is 1. The summed E-state index contributed by atoms with van der Waals surface area (Å²) < 4.78 is 0. The number of hydrogen-bond acceptors (Lipinski definition) is 2. The minimum Gasteiger partial charge on any atom is -0.481 e. The molecule has 0 aromatic rings. The average molecular weight is 237 g/mol. The van der Waals surface area contributed by atoms with Crippen LogP contribution in [-0.4, -0.2) is 17.6 Å². The molecule has 4 saturated carbocycles. The van der Waals surface area contributed by atoms with Crippen molar-refractivity contribution in [2.45, 2.75) is 44.9 Å². The minimum absolute atomic E-state index is 0.216. The second kappa shape index (κ2) is 3.98. The van der Waals surface area contributed by atoms with E-state index in [9.17, 15) is 4.79 Å². The number of carbonyl (C=O) groups is 1. The van der Waals surface area contributed by atoms with Crippen LogP contribution in [0.3, 0.4) is 0 Å². The zero-order valence-corrected chi connectivity index (χ0v) is 10.4. The molecule has 4 aliphatic rings. The fourth-order valence-electron chi connectivity index (χ4n) is 5.44. The molecule has 0 heterocycles. The summed E-state index contributed by atoms with van der Waals surface area (Å²) in [6, 6.07) is 0. The molecule has 4 aliphatic carbocycles. The minimum atomic E-state index is -0.670. The van der Waals surface area contributed by atoms with E-state index in [0.717, 1.165) is 17.8 Å². The van der Waals surface area contributed by atoms with Crippen LogP contribution in [0.5, 0.6) is 0 Å². The van der Waals surface area contributed by atoms with Crippen molar-refractivity contribution in [1.29, 1.82) is 0 Å². The lowest BCUT2D eigenvalue weighted by Gasteiger charge is -2.59.